The highest BCUT2D eigenvalue weighted by Crippen LogP contribution is 2.17. The molecule has 0 atom stereocenters. The number of hydrogen-bond donors (Lipinski definition) is 2. The Morgan fingerprint density at radius 2 is 2.27 bits per heavy atom. The molecule has 0 aliphatic rings. The average molecular weight is 239 g/mol. The van der Waals surface area contributed by atoms with Crippen LogP contribution in [0.2, 0.25) is 0 Å². The molecule has 80 valence electrons. The summed E-state index contributed by atoms with van der Waals surface area (Å²) in [6, 6.07) is 1.95. The minimum absolute atomic E-state index is 0.856. The SMILES string of the molecule is Nc1ccsc1CNCCc1nccs1. The molecule has 2 aromatic rings. The van der Waals surface area contributed by atoms with Crippen molar-refractivity contribution >= 4 is 28.4 Å². The van der Waals surface area contributed by atoms with Crippen LogP contribution in [-0.4, -0.2) is 11.5 Å². The zero-order valence-corrected chi connectivity index (χ0v) is 9.90. The van der Waals surface area contributed by atoms with Gasteiger partial charge in [0.1, 0.15) is 0 Å². The molecule has 0 spiro atoms. The summed E-state index contributed by atoms with van der Waals surface area (Å²) in [5.74, 6) is 0. The Bertz CT molecular complexity index is 394. The van der Waals surface area contributed by atoms with Crippen LogP contribution in [0.25, 0.3) is 0 Å². The first-order chi connectivity index (χ1) is 7.36. The van der Waals surface area contributed by atoms with Crippen molar-refractivity contribution in [3.63, 3.8) is 0 Å². The van der Waals surface area contributed by atoms with E-state index in [1.807, 2.05) is 23.0 Å². The Hall–Kier alpha value is -0.910. The first-order valence-electron chi connectivity index (χ1n) is 4.77. The Balaban J connectivity index is 1.70. The smallest absolute Gasteiger partial charge is 0.0937 e. The molecule has 3 N–H and O–H groups in total. The predicted octanol–water partition coefficient (Wildman–Crippen LogP) is 2.12. The summed E-state index contributed by atoms with van der Waals surface area (Å²) in [5, 5.41) is 8.57. The van der Waals surface area contributed by atoms with Crippen molar-refractivity contribution in [2.75, 3.05) is 12.3 Å². The van der Waals surface area contributed by atoms with Crippen molar-refractivity contribution in [1.29, 1.82) is 0 Å². The molecule has 2 heterocycles. The predicted molar refractivity (Wildman–Crippen MR) is 66.3 cm³/mol. The van der Waals surface area contributed by atoms with Gasteiger partial charge in [-0.15, -0.1) is 22.7 Å². The van der Waals surface area contributed by atoms with Gasteiger partial charge in [0.15, 0.2) is 0 Å². The minimum Gasteiger partial charge on any atom is -0.398 e. The van der Waals surface area contributed by atoms with E-state index in [-0.39, 0.29) is 0 Å². The van der Waals surface area contributed by atoms with Gasteiger partial charge < -0.3 is 11.1 Å². The number of anilines is 1. The third-order valence-corrected chi connectivity index (χ3v) is 3.84. The Morgan fingerprint density at radius 1 is 1.33 bits per heavy atom. The third kappa shape index (κ3) is 3.02. The van der Waals surface area contributed by atoms with Gasteiger partial charge >= 0.3 is 0 Å². The molecule has 0 saturated heterocycles. The van der Waals surface area contributed by atoms with Crippen LogP contribution in [0.4, 0.5) is 5.69 Å². The molecule has 0 aliphatic carbocycles. The van der Waals surface area contributed by atoms with Gasteiger partial charge in [0.05, 0.1) is 5.01 Å². The second-order valence-electron chi connectivity index (χ2n) is 3.15. The van der Waals surface area contributed by atoms with Crippen LogP contribution in [0.1, 0.15) is 9.88 Å². The number of nitrogens with one attached hydrogen (secondary N) is 1. The molecule has 0 amide bonds. The Kier molecular flexibility index (Phi) is 3.71. The van der Waals surface area contributed by atoms with Gasteiger partial charge in [-0.05, 0) is 11.4 Å². The van der Waals surface area contributed by atoms with E-state index in [1.165, 1.54) is 9.88 Å². The molecule has 0 radical (unpaired) electrons. The lowest BCUT2D eigenvalue weighted by Crippen LogP contribution is -2.16. The van der Waals surface area contributed by atoms with Gasteiger partial charge in [0.2, 0.25) is 0 Å². The number of thiazole rings is 1. The molecular formula is C10H13N3S2. The first-order valence-corrected chi connectivity index (χ1v) is 6.53. The first kappa shape index (κ1) is 10.6. The number of nitrogens with zero attached hydrogens (tertiary/aromatic N) is 1. The van der Waals surface area contributed by atoms with Crippen LogP contribution in [0.5, 0.6) is 0 Å². The monoisotopic (exact) mass is 239 g/mol. The van der Waals surface area contributed by atoms with Crippen LogP contribution < -0.4 is 11.1 Å². The zero-order valence-electron chi connectivity index (χ0n) is 8.27. The van der Waals surface area contributed by atoms with Crippen molar-refractivity contribution in [2.24, 2.45) is 0 Å². The lowest BCUT2D eigenvalue weighted by Gasteiger charge is -2.02. The van der Waals surface area contributed by atoms with Crippen molar-refractivity contribution in [3.05, 3.63) is 32.9 Å². The molecule has 0 bridgehead atoms. The second kappa shape index (κ2) is 5.25. The van der Waals surface area contributed by atoms with Crippen molar-refractivity contribution in [3.8, 4) is 0 Å². The van der Waals surface area contributed by atoms with Gasteiger partial charge in [-0.2, -0.15) is 0 Å². The highest BCUT2D eigenvalue weighted by Gasteiger charge is 2.00. The number of aromatic nitrogens is 1. The van der Waals surface area contributed by atoms with Crippen LogP contribution in [-0.2, 0) is 13.0 Å². The van der Waals surface area contributed by atoms with Crippen molar-refractivity contribution < 1.29 is 0 Å². The van der Waals surface area contributed by atoms with E-state index in [4.69, 9.17) is 5.73 Å². The van der Waals surface area contributed by atoms with Crippen LogP contribution in [0, 0.1) is 0 Å². The number of nitrogens with two attached hydrogens (primary N) is 1. The number of thiophene rings is 1. The summed E-state index contributed by atoms with van der Waals surface area (Å²) >= 11 is 3.40. The summed E-state index contributed by atoms with van der Waals surface area (Å²) in [6.07, 6.45) is 2.83. The second-order valence-corrected chi connectivity index (χ2v) is 5.13. The number of nitrogen functional groups attached to an aromatic ring is 1. The Morgan fingerprint density at radius 3 is 2.93 bits per heavy atom. The lowest BCUT2D eigenvalue weighted by atomic mass is 10.4. The summed E-state index contributed by atoms with van der Waals surface area (Å²) in [4.78, 5) is 5.44. The number of hydrogen-bond acceptors (Lipinski definition) is 5. The minimum atomic E-state index is 0.856. The van der Waals surface area contributed by atoms with Crippen LogP contribution >= 0.6 is 22.7 Å². The summed E-state index contributed by atoms with van der Waals surface area (Å²) in [5.41, 5.74) is 6.67. The topological polar surface area (TPSA) is 50.9 Å². The van der Waals surface area contributed by atoms with E-state index in [1.54, 1.807) is 22.7 Å². The fourth-order valence-corrected chi connectivity index (χ4v) is 2.66. The van der Waals surface area contributed by atoms with Crippen molar-refractivity contribution in [2.45, 2.75) is 13.0 Å². The maximum atomic E-state index is 5.78. The van der Waals surface area contributed by atoms with Gasteiger partial charge in [0.25, 0.3) is 0 Å². The number of rotatable bonds is 5. The molecule has 0 aromatic carbocycles. The lowest BCUT2D eigenvalue weighted by molar-refractivity contribution is 0.692. The van der Waals surface area contributed by atoms with Crippen molar-refractivity contribution in [1.82, 2.24) is 10.3 Å². The highest BCUT2D eigenvalue weighted by atomic mass is 32.1. The van der Waals surface area contributed by atoms with E-state index >= 15 is 0 Å². The van der Waals surface area contributed by atoms with E-state index in [0.717, 1.165) is 25.2 Å². The van der Waals surface area contributed by atoms with E-state index in [0.29, 0.717) is 0 Å². The molecule has 5 heteroatoms. The molecular weight excluding hydrogens is 226 g/mol. The standard InChI is InChI=1S/C10H13N3S2/c11-8-2-5-14-9(8)7-12-3-1-10-13-4-6-15-10/h2,4-6,12H,1,3,7,11H2. The van der Waals surface area contributed by atoms with Crippen LogP contribution in [0.15, 0.2) is 23.0 Å². The fourth-order valence-electron chi connectivity index (χ4n) is 1.27. The molecule has 2 rings (SSSR count). The fraction of sp³-hybridized carbons (Fsp3) is 0.300. The maximum Gasteiger partial charge on any atom is 0.0937 e. The normalized spacial score (nSPS) is 10.7. The van der Waals surface area contributed by atoms with E-state index in [2.05, 4.69) is 10.3 Å². The quantitative estimate of drug-likeness (QED) is 0.786. The van der Waals surface area contributed by atoms with E-state index < -0.39 is 0 Å². The molecule has 2 aromatic heterocycles. The third-order valence-electron chi connectivity index (χ3n) is 2.06. The summed E-state index contributed by atoms with van der Waals surface area (Å²) in [6.45, 7) is 1.81. The average Bonchev–Trinajstić information content (AvgIpc) is 2.85. The molecule has 15 heavy (non-hydrogen) atoms. The van der Waals surface area contributed by atoms with E-state index in [9.17, 15) is 0 Å². The van der Waals surface area contributed by atoms with Gasteiger partial charge in [-0.25, -0.2) is 4.98 Å². The summed E-state index contributed by atoms with van der Waals surface area (Å²) in [7, 11) is 0. The molecule has 0 unspecified atom stereocenters. The van der Waals surface area contributed by atoms with Gasteiger partial charge in [-0.1, -0.05) is 0 Å². The van der Waals surface area contributed by atoms with Gasteiger partial charge in [0, 0.05) is 41.7 Å². The highest BCUT2D eigenvalue weighted by molar-refractivity contribution is 7.10. The van der Waals surface area contributed by atoms with Crippen LogP contribution in [0.3, 0.4) is 0 Å². The molecule has 0 saturated carbocycles. The molecule has 3 nitrogen and oxygen atoms in total. The molecule has 0 fully saturated rings. The van der Waals surface area contributed by atoms with Gasteiger partial charge in [-0.3, -0.25) is 0 Å². The summed E-state index contributed by atoms with van der Waals surface area (Å²) < 4.78 is 0. The zero-order chi connectivity index (χ0) is 10.5. The molecule has 0 aliphatic heterocycles. The Labute approximate surface area is 97.0 Å². The maximum absolute atomic E-state index is 5.78. The largest absolute Gasteiger partial charge is 0.398 e.